The van der Waals surface area contributed by atoms with Gasteiger partial charge in [-0.05, 0) is 30.7 Å². The molecule has 1 amide bonds. The Morgan fingerprint density at radius 3 is 2.53 bits per heavy atom. The first-order chi connectivity index (χ1) is 7.95. The third kappa shape index (κ3) is 3.21. The van der Waals surface area contributed by atoms with Gasteiger partial charge in [0, 0.05) is 19.8 Å². The van der Waals surface area contributed by atoms with Crippen LogP contribution in [0.1, 0.15) is 15.9 Å². The Morgan fingerprint density at radius 1 is 1.41 bits per heavy atom. The number of aryl methyl sites for hydroxylation is 1. The molecule has 2 N–H and O–H groups in total. The fourth-order valence-electron chi connectivity index (χ4n) is 1.51. The normalized spacial score (nSPS) is 9.82. The van der Waals surface area contributed by atoms with Crippen LogP contribution in [0.4, 0.5) is 5.69 Å². The smallest absolute Gasteiger partial charge is 0.335 e. The third-order valence-corrected chi connectivity index (χ3v) is 2.54. The average Bonchev–Trinajstić information content (AvgIpc) is 2.28. The molecule has 0 saturated heterocycles. The topological polar surface area (TPSA) is 69.6 Å². The summed E-state index contributed by atoms with van der Waals surface area (Å²) >= 11 is 0. The molecule has 1 aromatic carbocycles. The van der Waals surface area contributed by atoms with Gasteiger partial charge in [-0.3, -0.25) is 4.79 Å². The fourth-order valence-corrected chi connectivity index (χ4v) is 1.51. The lowest BCUT2D eigenvalue weighted by Crippen LogP contribution is -2.32. The number of hydrogen-bond acceptors (Lipinski definition) is 3. The first kappa shape index (κ1) is 13.0. The van der Waals surface area contributed by atoms with E-state index in [4.69, 9.17) is 5.11 Å². The number of carbonyl (C=O) groups excluding carboxylic acids is 1. The number of nitrogens with one attached hydrogen (secondary N) is 1. The van der Waals surface area contributed by atoms with Gasteiger partial charge in [-0.15, -0.1) is 0 Å². The number of nitrogens with zero attached hydrogens (tertiary/aromatic N) is 1. The number of aromatic carboxylic acids is 1. The quantitative estimate of drug-likeness (QED) is 0.814. The molecule has 17 heavy (non-hydrogen) atoms. The summed E-state index contributed by atoms with van der Waals surface area (Å²) in [5.74, 6) is -1.03. The van der Waals surface area contributed by atoms with Gasteiger partial charge in [-0.1, -0.05) is 0 Å². The summed E-state index contributed by atoms with van der Waals surface area (Å²) in [4.78, 5) is 23.8. The van der Waals surface area contributed by atoms with Crippen molar-refractivity contribution in [1.82, 2.24) is 5.32 Å². The molecule has 0 atom stereocenters. The molecule has 0 bridgehead atoms. The molecule has 0 aliphatic rings. The van der Waals surface area contributed by atoms with Crippen LogP contribution in [0.15, 0.2) is 18.2 Å². The molecule has 0 heterocycles. The Kier molecular flexibility index (Phi) is 4.09. The summed E-state index contributed by atoms with van der Waals surface area (Å²) in [6.07, 6.45) is 0. The lowest BCUT2D eigenvalue weighted by Gasteiger charge is -2.19. The number of anilines is 1. The maximum atomic E-state index is 11.2. The number of benzene rings is 1. The highest BCUT2D eigenvalue weighted by atomic mass is 16.4. The van der Waals surface area contributed by atoms with Crippen molar-refractivity contribution in [3.63, 3.8) is 0 Å². The molecule has 0 unspecified atom stereocenters. The molecule has 0 aliphatic heterocycles. The van der Waals surface area contributed by atoms with Gasteiger partial charge in [0.05, 0.1) is 12.1 Å². The zero-order valence-corrected chi connectivity index (χ0v) is 10.2. The van der Waals surface area contributed by atoms with Gasteiger partial charge in [-0.2, -0.15) is 0 Å². The average molecular weight is 236 g/mol. The highest BCUT2D eigenvalue weighted by Crippen LogP contribution is 2.18. The Bertz CT molecular complexity index is 443. The molecule has 1 aromatic rings. The van der Waals surface area contributed by atoms with E-state index in [1.165, 1.54) is 0 Å². The maximum Gasteiger partial charge on any atom is 0.335 e. The summed E-state index contributed by atoms with van der Waals surface area (Å²) in [5.41, 5.74) is 1.77. The number of carboxylic acid groups (broad SMARTS) is 1. The molecule has 5 nitrogen and oxygen atoms in total. The molecular formula is C12H16N2O3. The number of rotatable bonds is 4. The second kappa shape index (κ2) is 5.34. The van der Waals surface area contributed by atoms with Crippen molar-refractivity contribution >= 4 is 17.6 Å². The first-order valence-corrected chi connectivity index (χ1v) is 5.21. The van der Waals surface area contributed by atoms with E-state index in [2.05, 4.69) is 5.32 Å². The Labute approximate surface area is 100 Å². The number of hydrogen-bond donors (Lipinski definition) is 2. The fraction of sp³-hybridized carbons (Fsp3) is 0.333. The molecule has 0 aliphatic carbocycles. The molecule has 0 aromatic heterocycles. The minimum atomic E-state index is -0.942. The van der Waals surface area contributed by atoms with Crippen molar-refractivity contribution in [3.8, 4) is 0 Å². The zero-order valence-electron chi connectivity index (χ0n) is 10.2. The van der Waals surface area contributed by atoms with Gasteiger partial charge in [0.2, 0.25) is 5.91 Å². The first-order valence-electron chi connectivity index (χ1n) is 5.21. The van der Waals surface area contributed by atoms with Gasteiger partial charge in [0.25, 0.3) is 0 Å². The number of likely N-dealkylation sites (N-methyl/N-ethyl adjacent to an activating group) is 2. The van der Waals surface area contributed by atoms with Crippen molar-refractivity contribution < 1.29 is 14.7 Å². The van der Waals surface area contributed by atoms with Gasteiger partial charge in [0.1, 0.15) is 0 Å². The maximum absolute atomic E-state index is 11.2. The number of carbonyl (C=O) groups is 2. The van der Waals surface area contributed by atoms with Crippen LogP contribution in [0.2, 0.25) is 0 Å². The highest BCUT2D eigenvalue weighted by molar-refractivity contribution is 5.90. The standard InChI is InChI=1S/C12H16N2O3/c1-8-6-9(4-5-10(8)12(16)17)14(3)7-11(15)13-2/h4-6H,7H2,1-3H3,(H,13,15)(H,16,17). The summed E-state index contributed by atoms with van der Waals surface area (Å²) < 4.78 is 0. The molecule has 0 fully saturated rings. The molecule has 92 valence electrons. The van der Waals surface area contributed by atoms with Crippen LogP contribution in [-0.4, -0.2) is 37.6 Å². The molecule has 0 saturated carbocycles. The third-order valence-electron chi connectivity index (χ3n) is 2.54. The Balaban J connectivity index is 2.89. The van der Waals surface area contributed by atoms with Crippen molar-refractivity contribution in [2.75, 3.05) is 25.5 Å². The Morgan fingerprint density at radius 2 is 2.06 bits per heavy atom. The highest BCUT2D eigenvalue weighted by Gasteiger charge is 2.10. The molecular weight excluding hydrogens is 220 g/mol. The second-order valence-corrected chi connectivity index (χ2v) is 3.83. The van der Waals surface area contributed by atoms with Crippen molar-refractivity contribution in [2.45, 2.75) is 6.92 Å². The predicted octanol–water partition coefficient (Wildman–Crippen LogP) is 0.875. The number of carboxylic acids is 1. The largest absolute Gasteiger partial charge is 0.478 e. The number of amides is 1. The van der Waals surface area contributed by atoms with Crippen molar-refractivity contribution in [1.29, 1.82) is 0 Å². The van der Waals surface area contributed by atoms with Crippen LogP contribution in [0.25, 0.3) is 0 Å². The summed E-state index contributed by atoms with van der Waals surface area (Å²) in [6, 6.07) is 5.00. The van der Waals surface area contributed by atoms with E-state index in [1.54, 1.807) is 44.1 Å². The molecule has 0 spiro atoms. The summed E-state index contributed by atoms with van der Waals surface area (Å²) in [7, 11) is 3.36. The lowest BCUT2D eigenvalue weighted by atomic mass is 10.1. The van der Waals surface area contributed by atoms with Crippen LogP contribution < -0.4 is 10.2 Å². The van der Waals surface area contributed by atoms with Crippen LogP contribution in [-0.2, 0) is 4.79 Å². The second-order valence-electron chi connectivity index (χ2n) is 3.83. The van der Waals surface area contributed by atoms with Gasteiger partial charge in [0.15, 0.2) is 0 Å². The van der Waals surface area contributed by atoms with E-state index < -0.39 is 5.97 Å². The van der Waals surface area contributed by atoms with E-state index in [9.17, 15) is 9.59 Å². The SMILES string of the molecule is CNC(=O)CN(C)c1ccc(C(=O)O)c(C)c1. The summed E-state index contributed by atoms with van der Waals surface area (Å²) in [5, 5.41) is 11.4. The van der Waals surface area contributed by atoms with Crippen LogP contribution in [0.5, 0.6) is 0 Å². The minimum Gasteiger partial charge on any atom is -0.478 e. The molecule has 5 heteroatoms. The van der Waals surface area contributed by atoms with Crippen LogP contribution >= 0.6 is 0 Å². The minimum absolute atomic E-state index is 0.0903. The van der Waals surface area contributed by atoms with Crippen molar-refractivity contribution in [2.24, 2.45) is 0 Å². The van der Waals surface area contributed by atoms with E-state index in [1.807, 2.05) is 0 Å². The van der Waals surface area contributed by atoms with E-state index in [0.717, 1.165) is 5.69 Å². The van der Waals surface area contributed by atoms with Gasteiger partial charge in [-0.25, -0.2) is 4.79 Å². The van der Waals surface area contributed by atoms with E-state index in [0.29, 0.717) is 5.56 Å². The molecule has 0 radical (unpaired) electrons. The monoisotopic (exact) mass is 236 g/mol. The molecule has 1 rings (SSSR count). The van der Waals surface area contributed by atoms with Crippen molar-refractivity contribution in [3.05, 3.63) is 29.3 Å². The van der Waals surface area contributed by atoms with Crippen LogP contribution in [0.3, 0.4) is 0 Å². The lowest BCUT2D eigenvalue weighted by molar-refractivity contribution is -0.119. The van der Waals surface area contributed by atoms with Crippen LogP contribution in [0, 0.1) is 6.92 Å². The summed E-state index contributed by atoms with van der Waals surface area (Å²) in [6.45, 7) is 1.98. The predicted molar refractivity (Wildman–Crippen MR) is 65.5 cm³/mol. The van der Waals surface area contributed by atoms with E-state index >= 15 is 0 Å². The van der Waals surface area contributed by atoms with Gasteiger partial charge < -0.3 is 15.3 Å². The van der Waals surface area contributed by atoms with Gasteiger partial charge >= 0.3 is 5.97 Å². The van der Waals surface area contributed by atoms with E-state index in [-0.39, 0.29) is 18.0 Å². The Hall–Kier alpha value is -2.04. The zero-order chi connectivity index (χ0) is 13.0.